The first-order valence-electron chi connectivity index (χ1n) is 11.6. The fourth-order valence-corrected chi connectivity index (χ4v) is 4.97. The van der Waals surface area contributed by atoms with Gasteiger partial charge in [0.2, 0.25) is 0 Å². The summed E-state index contributed by atoms with van der Waals surface area (Å²) in [5.41, 5.74) is 3.88. The third-order valence-electron chi connectivity index (χ3n) is 6.42. The van der Waals surface area contributed by atoms with Crippen molar-refractivity contribution < 1.29 is 14.0 Å². The maximum atomic E-state index is 13.9. The molecule has 0 bridgehead atoms. The number of piperidine rings is 1. The lowest BCUT2D eigenvalue weighted by atomic mass is 9.99. The molecule has 0 amide bonds. The van der Waals surface area contributed by atoms with Crippen LogP contribution in [0.5, 0.6) is 5.75 Å². The average molecular weight is 483 g/mol. The number of halogens is 2. The molecule has 0 aliphatic carbocycles. The molecule has 3 aliphatic heterocycles. The van der Waals surface area contributed by atoms with E-state index in [0.29, 0.717) is 17.0 Å². The number of oxime groups is 1. The second-order valence-electron chi connectivity index (χ2n) is 8.96. The van der Waals surface area contributed by atoms with Crippen LogP contribution in [0.1, 0.15) is 43.4 Å². The van der Waals surface area contributed by atoms with E-state index < -0.39 is 0 Å². The second kappa shape index (κ2) is 9.66. The van der Waals surface area contributed by atoms with Gasteiger partial charge in [-0.15, -0.1) is 0 Å². The molecular weight excluding hydrogens is 455 g/mol. The molecule has 3 aliphatic rings. The Hall–Kier alpha value is -3.06. The van der Waals surface area contributed by atoms with Gasteiger partial charge in [-0.3, -0.25) is 4.99 Å². The van der Waals surface area contributed by atoms with Gasteiger partial charge in [-0.1, -0.05) is 22.8 Å². The Morgan fingerprint density at radius 3 is 2.85 bits per heavy atom. The smallest absolute Gasteiger partial charge is 0.171 e. The van der Waals surface area contributed by atoms with E-state index in [1.807, 2.05) is 12.4 Å². The topological polar surface area (TPSA) is 49.7 Å². The summed E-state index contributed by atoms with van der Waals surface area (Å²) in [6, 6.07) is 11.0. The molecule has 3 heterocycles. The van der Waals surface area contributed by atoms with Crippen LogP contribution in [0.4, 0.5) is 10.1 Å². The van der Waals surface area contributed by atoms with Gasteiger partial charge >= 0.3 is 0 Å². The zero-order valence-corrected chi connectivity index (χ0v) is 20.1. The van der Waals surface area contributed by atoms with Gasteiger partial charge in [0.05, 0.1) is 25.2 Å². The van der Waals surface area contributed by atoms with Gasteiger partial charge < -0.3 is 19.4 Å². The van der Waals surface area contributed by atoms with Gasteiger partial charge in [-0.2, -0.15) is 0 Å². The van der Waals surface area contributed by atoms with Crippen molar-refractivity contribution in [3.63, 3.8) is 0 Å². The fraction of sp³-hybridized carbons (Fsp3) is 0.385. The summed E-state index contributed by atoms with van der Waals surface area (Å²) in [4.78, 5) is 14.7. The van der Waals surface area contributed by atoms with Crippen LogP contribution in [0.3, 0.4) is 0 Å². The first-order valence-corrected chi connectivity index (χ1v) is 12.0. The molecule has 0 saturated carbocycles. The Morgan fingerprint density at radius 2 is 2.09 bits per heavy atom. The van der Waals surface area contributed by atoms with E-state index in [9.17, 15) is 4.39 Å². The number of amidine groups is 1. The highest BCUT2D eigenvalue weighted by Gasteiger charge is 2.28. The van der Waals surface area contributed by atoms with Crippen molar-refractivity contribution in [2.75, 3.05) is 31.6 Å². The average Bonchev–Trinajstić information content (AvgIpc) is 3.12. The number of ether oxygens (including phenoxy) is 1. The lowest BCUT2D eigenvalue weighted by molar-refractivity contribution is 0.0574. The Kier molecular flexibility index (Phi) is 6.46. The monoisotopic (exact) mass is 482 g/mol. The van der Waals surface area contributed by atoms with Gasteiger partial charge in [0.25, 0.3) is 0 Å². The number of hydrogen-bond donors (Lipinski definition) is 0. The molecule has 178 valence electrons. The molecule has 1 saturated heterocycles. The molecule has 2 aromatic carbocycles. The predicted molar refractivity (Wildman–Crippen MR) is 134 cm³/mol. The maximum absolute atomic E-state index is 13.9. The highest BCUT2D eigenvalue weighted by molar-refractivity contribution is 6.30. The molecule has 1 unspecified atom stereocenters. The molecule has 0 aromatic heterocycles. The minimum absolute atomic E-state index is 0.278. The van der Waals surface area contributed by atoms with Crippen molar-refractivity contribution in [2.24, 2.45) is 10.1 Å². The van der Waals surface area contributed by atoms with Crippen molar-refractivity contribution in [1.29, 1.82) is 0 Å². The Balaban J connectivity index is 1.40. The predicted octanol–water partition coefficient (Wildman–Crippen LogP) is 5.68. The number of methoxy groups -OCH3 is 1. The quantitative estimate of drug-likeness (QED) is 0.562. The van der Waals surface area contributed by atoms with Crippen molar-refractivity contribution in [1.82, 2.24) is 4.90 Å². The Labute approximate surface area is 204 Å². The lowest BCUT2D eigenvalue weighted by Gasteiger charge is -2.30. The number of fused-ring (bicyclic) bond motifs is 1. The van der Waals surface area contributed by atoms with Crippen LogP contribution < -0.4 is 9.64 Å². The highest BCUT2D eigenvalue weighted by Crippen LogP contribution is 2.34. The lowest BCUT2D eigenvalue weighted by Crippen LogP contribution is -2.37. The number of aliphatic imine (C=N–C) groups is 1. The molecule has 0 spiro atoms. The standard InChI is InChI=1S/C26H28ClFN4O2/c1-17-15-32(16-29-17)23-6-5-18(11-25(23)33-2)10-19-4-3-8-31-9-7-24(34-30-26(19)31)20-12-21(27)14-22(28)13-20/h5-6,10-14,16-17,24H,3-4,7-9,15H2,1-2H3/b19-10+/t17?,24-/m0/s1. The van der Waals surface area contributed by atoms with E-state index in [2.05, 4.69) is 45.1 Å². The molecule has 34 heavy (non-hydrogen) atoms. The molecule has 1 fully saturated rings. The summed E-state index contributed by atoms with van der Waals surface area (Å²) in [6.07, 6.45) is 6.35. The normalized spacial score (nSPS) is 23.4. The van der Waals surface area contributed by atoms with Crippen molar-refractivity contribution in [2.45, 2.75) is 38.3 Å². The summed E-state index contributed by atoms with van der Waals surface area (Å²) in [7, 11) is 1.69. The largest absolute Gasteiger partial charge is 0.495 e. The van der Waals surface area contributed by atoms with Gasteiger partial charge in [-0.25, -0.2) is 4.39 Å². The Morgan fingerprint density at radius 1 is 1.21 bits per heavy atom. The van der Waals surface area contributed by atoms with Crippen LogP contribution in [-0.4, -0.2) is 49.9 Å². The first-order chi connectivity index (χ1) is 16.5. The summed E-state index contributed by atoms with van der Waals surface area (Å²) < 4.78 is 19.6. The van der Waals surface area contributed by atoms with E-state index in [-0.39, 0.29) is 18.0 Å². The highest BCUT2D eigenvalue weighted by atomic mass is 35.5. The van der Waals surface area contributed by atoms with Crippen LogP contribution in [0.15, 0.2) is 52.1 Å². The van der Waals surface area contributed by atoms with Crippen LogP contribution >= 0.6 is 11.6 Å². The van der Waals surface area contributed by atoms with Gasteiger partial charge in [-0.05, 0) is 72.9 Å². The second-order valence-corrected chi connectivity index (χ2v) is 9.39. The number of benzene rings is 2. The van der Waals surface area contributed by atoms with E-state index in [0.717, 1.165) is 60.9 Å². The number of nitrogens with zero attached hydrogens (tertiary/aromatic N) is 4. The molecular formula is C26H28ClFN4O2. The number of anilines is 1. The summed E-state index contributed by atoms with van der Waals surface area (Å²) >= 11 is 6.06. The first kappa shape index (κ1) is 22.7. The summed E-state index contributed by atoms with van der Waals surface area (Å²) in [5.74, 6) is 1.29. The summed E-state index contributed by atoms with van der Waals surface area (Å²) in [5, 5.41) is 4.89. The maximum Gasteiger partial charge on any atom is 0.171 e. The van der Waals surface area contributed by atoms with E-state index >= 15 is 0 Å². The minimum Gasteiger partial charge on any atom is -0.495 e. The zero-order chi connectivity index (χ0) is 23.7. The summed E-state index contributed by atoms with van der Waals surface area (Å²) in [6.45, 7) is 4.64. The van der Waals surface area contributed by atoms with E-state index in [1.165, 1.54) is 12.1 Å². The molecule has 0 radical (unpaired) electrons. The van der Waals surface area contributed by atoms with Crippen molar-refractivity contribution >= 4 is 35.5 Å². The SMILES string of the molecule is COc1cc(/C=C2\CCCN3CC[C@@H](c4cc(F)cc(Cl)c4)ON=C23)ccc1N1C=NC(C)C1. The van der Waals surface area contributed by atoms with Crippen LogP contribution in [0.25, 0.3) is 6.08 Å². The Bertz CT molecular complexity index is 1150. The number of rotatable bonds is 4. The van der Waals surface area contributed by atoms with E-state index in [4.69, 9.17) is 21.2 Å². The van der Waals surface area contributed by atoms with Crippen molar-refractivity contribution in [3.05, 3.63) is 63.9 Å². The van der Waals surface area contributed by atoms with Gasteiger partial charge in [0, 0.05) is 31.1 Å². The fourth-order valence-electron chi connectivity index (χ4n) is 4.74. The molecule has 0 N–H and O–H groups in total. The minimum atomic E-state index is -0.367. The molecule has 2 aromatic rings. The molecule has 5 rings (SSSR count). The van der Waals surface area contributed by atoms with Crippen LogP contribution in [0.2, 0.25) is 5.02 Å². The van der Waals surface area contributed by atoms with E-state index in [1.54, 1.807) is 13.2 Å². The van der Waals surface area contributed by atoms with Gasteiger partial charge in [0.15, 0.2) is 11.9 Å². The van der Waals surface area contributed by atoms with Crippen LogP contribution in [-0.2, 0) is 4.84 Å². The number of hydrogen-bond acceptors (Lipinski definition) is 6. The zero-order valence-electron chi connectivity index (χ0n) is 19.4. The third kappa shape index (κ3) is 4.75. The molecule has 2 atom stereocenters. The molecule has 8 heteroatoms. The third-order valence-corrected chi connectivity index (χ3v) is 6.64. The van der Waals surface area contributed by atoms with Crippen LogP contribution in [0, 0.1) is 5.82 Å². The van der Waals surface area contributed by atoms with Gasteiger partial charge in [0.1, 0.15) is 11.6 Å². The van der Waals surface area contributed by atoms with Crippen molar-refractivity contribution in [3.8, 4) is 5.75 Å². The molecule has 6 nitrogen and oxygen atoms in total.